The number of nitrogens with zero attached hydrogens (tertiary/aromatic N) is 1. The highest BCUT2D eigenvalue weighted by molar-refractivity contribution is 5.91. The predicted molar refractivity (Wildman–Crippen MR) is 103 cm³/mol. The molecule has 1 heterocycles. The molecule has 0 saturated carbocycles. The molecule has 0 fully saturated rings. The molecule has 4 aromatic rings. The third kappa shape index (κ3) is 3.93. The molecule has 0 aliphatic heterocycles. The molecule has 0 aliphatic rings. The molecule has 0 amide bonds. The molecule has 2 N–H and O–H groups in total. The second-order valence-corrected chi connectivity index (χ2v) is 6.37. The predicted octanol–water partition coefficient (Wildman–Crippen LogP) is 5.99. The molecule has 0 unspecified atom stereocenters. The zero-order valence-corrected chi connectivity index (χ0v) is 15.2. The number of aromatic hydroxyl groups is 2. The van der Waals surface area contributed by atoms with Gasteiger partial charge in [-0.15, -0.1) is 13.2 Å². The first-order valence-corrected chi connectivity index (χ1v) is 8.75. The highest BCUT2D eigenvalue weighted by atomic mass is 19.4. The molecule has 152 valence electrons. The molecule has 0 aliphatic carbocycles. The van der Waals surface area contributed by atoms with Crippen LogP contribution >= 0.6 is 0 Å². The maximum absolute atomic E-state index is 12.4. The van der Waals surface area contributed by atoms with Gasteiger partial charge in [-0.3, -0.25) is 0 Å². The van der Waals surface area contributed by atoms with Gasteiger partial charge in [-0.1, -0.05) is 29.4 Å². The van der Waals surface area contributed by atoms with Crippen molar-refractivity contribution in [3.8, 4) is 51.0 Å². The Morgan fingerprint density at radius 1 is 0.800 bits per heavy atom. The van der Waals surface area contributed by atoms with Crippen molar-refractivity contribution < 1.29 is 32.6 Å². The van der Waals surface area contributed by atoms with Gasteiger partial charge in [0.25, 0.3) is 0 Å². The second-order valence-electron chi connectivity index (χ2n) is 6.37. The van der Waals surface area contributed by atoms with E-state index in [1.165, 1.54) is 42.5 Å². The Morgan fingerprint density at radius 2 is 1.43 bits per heavy atom. The van der Waals surface area contributed by atoms with Gasteiger partial charge in [-0.05, 0) is 54.1 Å². The normalized spacial score (nSPS) is 11.4. The van der Waals surface area contributed by atoms with E-state index in [-0.39, 0.29) is 23.0 Å². The fourth-order valence-corrected chi connectivity index (χ4v) is 3.05. The number of ether oxygens (including phenoxy) is 1. The van der Waals surface area contributed by atoms with Crippen molar-refractivity contribution in [1.82, 2.24) is 5.16 Å². The van der Waals surface area contributed by atoms with E-state index in [0.29, 0.717) is 27.9 Å². The molecule has 5 nitrogen and oxygen atoms in total. The Bertz CT molecular complexity index is 1170. The maximum atomic E-state index is 12.4. The summed E-state index contributed by atoms with van der Waals surface area (Å²) in [5.41, 5.74) is 2.39. The van der Waals surface area contributed by atoms with Gasteiger partial charge in [0.15, 0.2) is 5.76 Å². The van der Waals surface area contributed by atoms with E-state index < -0.39 is 6.36 Å². The molecule has 3 aromatic carbocycles. The van der Waals surface area contributed by atoms with Crippen LogP contribution in [0.15, 0.2) is 77.3 Å². The van der Waals surface area contributed by atoms with E-state index >= 15 is 0 Å². The van der Waals surface area contributed by atoms with E-state index in [2.05, 4.69) is 9.89 Å². The average molecular weight is 413 g/mol. The number of phenolic OH excluding ortho intramolecular Hbond substituents is 2. The zero-order valence-electron chi connectivity index (χ0n) is 15.2. The summed E-state index contributed by atoms with van der Waals surface area (Å²) in [4.78, 5) is 0. The molecular formula is C22H14F3NO4. The van der Waals surface area contributed by atoms with Crippen molar-refractivity contribution in [1.29, 1.82) is 0 Å². The third-order valence-corrected chi connectivity index (χ3v) is 4.36. The number of aromatic nitrogens is 1. The molecule has 30 heavy (non-hydrogen) atoms. The summed E-state index contributed by atoms with van der Waals surface area (Å²) in [6.07, 6.45) is -4.79. The Morgan fingerprint density at radius 3 is 2.07 bits per heavy atom. The first kappa shape index (κ1) is 19.4. The lowest BCUT2D eigenvalue weighted by Crippen LogP contribution is -2.16. The third-order valence-electron chi connectivity index (χ3n) is 4.36. The molecule has 0 atom stereocenters. The molecule has 0 spiro atoms. The molecule has 1 aromatic heterocycles. The number of benzene rings is 3. The number of hydrogen-bond donors (Lipinski definition) is 2. The highest BCUT2D eigenvalue weighted by Gasteiger charge is 2.31. The van der Waals surface area contributed by atoms with Crippen molar-refractivity contribution in [3.05, 3.63) is 72.8 Å². The number of hydrogen-bond acceptors (Lipinski definition) is 5. The van der Waals surface area contributed by atoms with Gasteiger partial charge in [0.05, 0.1) is 5.56 Å². The highest BCUT2D eigenvalue weighted by Crippen LogP contribution is 2.43. The Balaban J connectivity index is 1.84. The SMILES string of the molecule is Oc1ccc(-c2c(-c3ccccc3O)noc2-c2ccc(OC(F)(F)F)cc2)cc1. The monoisotopic (exact) mass is 413 g/mol. The number of para-hydroxylation sites is 1. The number of alkyl halides is 3. The van der Waals surface area contributed by atoms with Crippen LogP contribution < -0.4 is 4.74 Å². The van der Waals surface area contributed by atoms with Gasteiger partial charge in [0.2, 0.25) is 0 Å². The maximum Gasteiger partial charge on any atom is 0.573 e. The van der Waals surface area contributed by atoms with E-state index in [1.807, 2.05) is 0 Å². The lowest BCUT2D eigenvalue weighted by molar-refractivity contribution is -0.274. The topological polar surface area (TPSA) is 75.7 Å². The summed E-state index contributed by atoms with van der Waals surface area (Å²) in [6, 6.07) is 18.0. The first-order valence-electron chi connectivity index (χ1n) is 8.75. The summed E-state index contributed by atoms with van der Waals surface area (Å²) in [6.45, 7) is 0. The molecule has 0 bridgehead atoms. The lowest BCUT2D eigenvalue weighted by Gasteiger charge is -2.09. The summed E-state index contributed by atoms with van der Waals surface area (Å²) in [7, 11) is 0. The summed E-state index contributed by atoms with van der Waals surface area (Å²) >= 11 is 0. The summed E-state index contributed by atoms with van der Waals surface area (Å²) < 4.78 is 46.7. The standard InChI is InChI=1S/C22H14F3NO4/c23-22(24,25)29-16-11-7-14(8-12-16)21-19(13-5-9-15(27)10-6-13)20(26-30-21)17-3-1-2-4-18(17)28/h1-12,27-28H. The van der Waals surface area contributed by atoms with Crippen LogP contribution in [-0.2, 0) is 0 Å². The summed E-state index contributed by atoms with van der Waals surface area (Å²) in [5.74, 6) is -0.0174. The van der Waals surface area contributed by atoms with Crippen LogP contribution in [0.1, 0.15) is 0 Å². The lowest BCUT2D eigenvalue weighted by atomic mass is 9.96. The van der Waals surface area contributed by atoms with Crippen LogP contribution in [0.4, 0.5) is 13.2 Å². The van der Waals surface area contributed by atoms with Gasteiger partial charge < -0.3 is 19.5 Å². The van der Waals surface area contributed by atoms with Gasteiger partial charge in [-0.25, -0.2) is 0 Å². The summed E-state index contributed by atoms with van der Waals surface area (Å²) in [5, 5.41) is 24.0. The number of rotatable bonds is 4. The minimum absolute atomic E-state index is 0.00805. The fraction of sp³-hybridized carbons (Fsp3) is 0.0455. The average Bonchev–Trinajstić information content (AvgIpc) is 3.13. The van der Waals surface area contributed by atoms with Crippen molar-refractivity contribution in [3.63, 3.8) is 0 Å². The van der Waals surface area contributed by atoms with Gasteiger partial charge in [-0.2, -0.15) is 0 Å². The Labute approximate surface area is 168 Å². The molecular weight excluding hydrogens is 399 g/mol. The van der Waals surface area contributed by atoms with Gasteiger partial charge in [0, 0.05) is 11.1 Å². The van der Waals surface area contributed by atoms with E-state index in [1.54, 1.807) is 30.3 Å². The van der Waals surface area contributed by atoms with Crippen molar-refractivity contribution >= 4 is 0 Å². The molecule has 0 saturated heterocycles. The first-order chi connectivity index (χ1) is 14.3. The van der Waals surface area contributed by atoms with Crippen molar-refractivity contribution in [2.45, 2.75) is 6.36 Å². The molecule has 0 radical (unpaired) electrons. The van der Waals surface area contributed by atoms with Crippen LogP contribution in [0, 0.1) is 0 Å². The van der Waals surface area contributed by atoms with Crippen LogP contribution in [0.2, 0.25) is 0 Å². The van der Waals surface area contributed by atoms with Crippen LogP contribution in [0.25, 0.3) is 33.7 Å². The Kier molecular flexibility index (Phi) is 4.83. The minimum Gasteiger partial charge on any atom is -0.508 e. The largest absolute Gasteiger partial charge is 0.573 e. The van der Waals surface area contributed by atoms with Crippen LogP contribution in [-0.4, -0.2) is 21.7 Å². The van der Waals surface area contributed by atoms with Crippen molar-refractivity contribution in [2.75, 3.05) is 0 Å². The molecule has 4 rings (SSSR count). The molecule has 8 heteroatoms. The fourth-order valence-electron chi connectivity index (χ4n) is 3.05. The smallest absolute Gasteiger partial charge is 0.508 e. The quantitative estimate of drug-likeness (QED) is 0.430. The van der Waals surface area contributed by atoms with E-state index in [4.69, 9.17) is 4.52 Å². The zero-order chi connectivity index (χ0) is 21.3. The number of phenols is 2. The van der Waals surface area contributed by atoms with Crippen LogP contribution in [0.5, 0.6) is 17.2 Å². The van der Waals surface area contributed by atoms with Crippen molar-refractivity contribution in [2.24, 2.45) is 0 Å². The van der Waals surface area contributed by atoms with E-state index in [0.717, 1.165) is 0 Å². The number of halogens is 3. The van der Waals surface area contributed by atoms with Crippen LogP contribution in [0.3, 0.4) is 0 Å². The second kappa shape index (κ2) is 7.47. The minimum atomic E-state index is -4.79. The van der Waals surface area contributed by atoms with Gasteiger partial charge in [0.1, 0.15) is 22.9 Å². The Hall–Kier alpha value is -3.94. The van der Waals surface area contributed by atoms with Gasteiger partial charge >= 0.3 is 6.36 Å². The van der Waals surface area contributed by atoms with E-state index in [9.17, 15) is 23.4 Å².